The molecule has 22 heavy (non-hydrogen) atoms. The highest BCUT2D eigenvalue weighted by molar-refractivity contribution is 5.82. The topological polar surface area (TPSA) is 42.3 Å². The molecule has 1 heterocycles. The van der Waals surface area contributed by atoms with E-state index in [9.17, 15) is 9.59 Å². The number of benzene rings is 1. The molecular formula is C18H24N2O2. The lowest BCUT2D eigenvalue weighted by Crippen LogP contribution is -2.44. The van der Waals surface area contributed by atoms with E-state index in [1.807, 2.05) is 29.8 Å². The molecule has 4 heteroatoms. The number of nitrogens with zero attached hydrogens (tertiary/aromatic N) is 2. The van der Waals surface area contributed by atoms with Crippen molar-refractivity contribution in [2.75, 3.05) is 7.05 Å². The van der Waals surface area contributed by atoms with E-state index in [4.69, 9.17) is 0 Å². The van der Waals surface area contributed by atoms with Gasteiger partial charge in [0, 0.05) is 30.7 Å². The van der Waals surface area contributed by atoms with E-state index in [1.54, 1.807) is 17.2 Å². The highest BCUT2D eigenvalue weighted by atomic mass is 16.2. The van der Waals surface area contributed by atoms with Crippen LogP contribution in [0.2, 0.25) is 0 Å². The lowest BCUT2D eigenvalue weighted by Gasteiger charge is -2.35. The van der Waals surface area contributed by atoms with Crippen LogP contribution in [0, 0.1) is 5.41 Å². The second-order valence-electron chi connectivity index (χ2n) is 6.87. The number of aromatic nitrogens is 1. The standard InChI is InChI=1S/C18H24N2O2/c1-13(18(2,3)4)19(5)17(22)12-20-11-10-16(21)14-8-6-7-9-15(14)20/h6-11,13H,12H2,1-5H3/t13-/m1/s1. The number of rotatable bonds is 3. The summed E-state index contributed by atoms with van der Waals surface area (Å²) in [6.45, 7) is 8.65. The highest BCUT2D eigenvalue weighted by Crippen LogP contribution is 2.23. The molecule has 0 aliphatic rings. The largest absolute Gasteiger partial charge is 0.341 e. The van der Waals surface area contributed by atoms with E-state index in [0.717, 1.165) is 5.52 Å². The zero-order chi connectivity index (χ0) is 16.5. The molecule has 0 saturated carbocycles. The Morgan fingerprint density at radius 3 is 2.50 bits per heavy atom. The molecule has 0 saturated heterocycles. The van der Waals surface area contributed by atoms with Gasteiger partial charge in [-0.15, -0.1) is 0 Å². The van der Waals surface area contributed by atoms with Crippen molar-refractivity contribution in [2.45, 2.75) is 40.3 Å². The normalized spacial score (nSPS) is 13.1. The number of fused-ring (bicyclic) bond motifs is 1. The Balaban J connectivity index is 2.30. The van der Waals surface area contributed by atoms with Crippen LogP contribution in [-0.4, -0.2) is 28.5 Å². The number of carbonyl (C=O) groups excluding carboxylic acids is 1. The zero-order valence-corrected chi connectivity index (χ0v) is 14.0. The molecule has 1 atom stereocenters. The third kappa shape index (κ3) is 3.21. The highest BCUT2D eigenvalue weighted by Gasteiger charge is 2.27. The van der Waals surface area contributed by atoms with Gasteiger partial charge in [0.05, 0.1) is 5.52 Å². The Kier molecular flexibility index (Phi) is 4.40. The molecule has 0 aliphatic carbocycles. The molecule has 1 aromatic carbocycles. The maximum absolute atomic E-state index is 12.6. The monoisotopic (exact) mass is 300 g/mol. The fourth-order valence-corrected chi connectivity index (χ4v) is 2.45. The summed E-state index contributed by atoms with van der Waals surface area (Å²) in [5.74, 6) is 0.0382. The number of likely N-dealkylation sites (N-methyl/N-ethyl adjacent to an activating group) is 1. The van der Waals surface area contributed by atoms with Gasteiger partial charge in [-0.25, -0.2) is 0 Å². The van der Waals surface area contributed by atoms with Gasteiger partial charge in [0.15, 0.2) is 5.43 Å². The molecule has 0 fully saturated rings. The van der Waals surface area contributed by atoms with Crippen molar-refractivity contribution in [1.29, 1.82) is 0 Å². The first-order chi connectivity index (χ1) is 10.2. The van der Waals surface area contributed by atoms with E-state index in [1.165, 1.54) is 6.07 Å². The molecule has 0 N–H and O–H groups in total. The van der Waals surface area contributed by atoms with Crippen LogP contribution >= 0.6 is 0 Å². The molecular weight excluding hydrogens is 276 g/mol. The van der Waals surface area contributed by atoms with Gasteiger partial charge in [0.2, 0.25) is 5.91 Å². The van der Waals surface area contributed by atoms with Crippen LogP contribution in [-0.2, 0) is 11.3 Å². The third-order valence-electron chi connectivity index (χ3n) is 4.42. The van der Waals surface area contributed by atoms with Crippen molar-refractivity contribution in [2.24, 2.45) is 5.41 Å². The van der Waals surface area contributed by atoms with Gasteiger partial charge in [-0.3, -0.25) is 9.59 Å². The number of amides is 1. The minimum absolute atomic E-state index is 0.0179. The van der Waals surface area contributed by atoms with Crippen LogP contribution in [0.5, 0.6) is 0 Å². The van der Waals surface area contributed by atoms with E-state index < -0.39 is 0 Å². The molecule has 0 unspecified atom stereocenters. The van der Waals surface area contributed by atoms with Crippen molar-refractivity contribution in [1.82, 2.24) is 9.47 Å². The Labute approximate surface area is 131 Å². The summed E-state index contributed by atoms with van der Waals surface area (Å²) < 4.78 is 1.84. The summed E-state index contributed by atoms with van der Waals surface area (Å²) in [7, 11) is 1.84. The van der Waals surface area contributed by atoms with E-state index >= 15 is 0 Å². The van der Waals surface area contributed by atoms with Crippen LogP contribution in [0.1, 0.15) is 27.7 Å². The fraction of sp³-hybridized carbons (Fsp3) is 0.444. The van der Waals surface area contributed by atoms with Gasteiger partial charge in [-0.05, 0) is 24.5 Å². The summed E-state index contributed by atoms with van der Waals surface area (Å²) in [6.07, 6.45) is 1.69. The molecule has 1 amide bonds. The Bertz CT molecular complexity index is 741. The molecule has 0 radical (unpaired) electrons. The quantitative estimate of drug-likeness (QED) is 0.874. The molecule has 0 aliphatic heterocycles. The second kappa shape index (κ2) is 5.95. The van der Waals surface area contributed by atoms with Crippen LogP contribution in [0.15, 0.2) is 41.3 Å². The molecule has 118 valence electrons. The summed E-state index contributed by atoms with van der Waals surface area (Å²) in [5.41, 5.74) is 0.798. The average molecular weight is 300 g/mol. The predicted octanol–water partition coefficient (Wildman–Crippen LogP) is 2.89. The van der Waals surface area contributed by atoms with Crippen molar-refractivity contribution in [3.8, 4) is 0 Å². The summed E-state index contributed by atoms with van der Waals surface area (Å²) >= 11 is 0. The summed E-state index contributed by atoms with van der Waals surface area (Å²) in [5, 5.41) is 0.643. The zero-order valence-electron chi connectivity index (χ0n) is 14.0. The molecule has 0 spiro atoms. The van der Waals surface area contributed by atoms with Gasteiger partial charge in [0.1, 0.15) is 6.54 Å². The van der Waals surface area contributed by atoms with Crippen LogP contribution < -0.4 is 5.43 Å². The first-order valence-electron chi connectivity index (χ1n) is 7.55. The number of hydrogen-bond acceptors (Lipinski definition) is 2. The smallest absolute Gasteiger partial charge is 0.242 e. The van der Waals surface area contributed by atoms with Crippen molar-refractivity contribution >= 4 is 16.8 Å². The van der Waals surface area contributed by atoms with E-state index in [0.29, 0.717) is 5.39 Å². The first-order valence-corrected chi connectivity index (χ1v) is 7.55. The van der Waals surface area contributed by atoms with Crippen LogP contribution in [0.25, 0.3) is 10.9 Å². The van der Waals surface area contributed by atoms with Crippen molar-refractivity contribution in [3.05, 3.63) is 46.8 Å². The van der Waals surface area contributed by atoms with Crippen molar-refractivity contribution in [3.63, 3.8) is 0 Å². The number of para-hydroxylation sites is 1. The maximum atomic E-state index is 12.6. The molecule has 0 bridgehead atoms. The fourth-order valence-electron chi connectivity index (χ4n) is 2.45. The minimum Gasteiger partial charge on any atom is -0.341 e. The van der Waals surface area contributed by atoms with Crippen LogP contribution in [0.3, 0.4) is 0 Å². The Hall–Kier alpha value is -2.10. The average Bonchev–Trinajstić information content (AvgIpc) is 2.47. The maximum Gasteiger partial charge on any atom is 0.242 e. The van der Waals surface area contributed by atoms with E-state index in [-0.39, 0.29) is 29.3 Å². The van der Waals surface area contributed by atoms with Gasteiger partial charge in [-0.1, -0.05) is 32.9 Å². The lowest BCUT2D eigenvalue weighted by atomic mass is 9.87. The molecule has 2 rings (SSSR count). The van der Waals surface area contributed by atoms with Gasteiger partial charge in [-0.2, -0.15) is 0 Å². The molecule has 4 nitrogen and oxygen atoms in total. The van der Waals surface area contributed by atoms with Gasteiger partial charge < -0.3 is 9.47 Å². The minimum atomic E-state index is -0.0179. The molecule has 1 aromatic heterocycles. The van der Waals surface area contributed by atoms with Crippen molar-refractivity contribution < 1.29 is 4.79 Å². The lowest BCUT2D eigenvalue weighted by molar-refractivity contribution is -0.134. The number of hydrogen-bond donors (Lipinski definition) is 0. The SMILES string of the molecule is C[C@@H](N(C)C(=O)Cn1ccc(=O)c2ccccc21)C(C)(C)C. The molecule has 2 aromatic rings. The van der Waals surface area contributed by atoms with Crippen LogP contribution in [0.4, 0.5) is 0 Å². The summed E-state index contributed by atoms with van der Waals surface area (Å²) in [6, 6.07) is 9.03. The predicted molar refractivity (Wildman–Crippen MR) is 89.9 cm³/mol. The summed E-state index contributed by atoms with van der Waals surface area (Å²) in [4.78, 5) is 26.2. The first kappa shape index (κ1) is 16.3. The Morgan fingerprint density at radius 1 is 1.23 bits per heavy atom. The number of pyridine rings is 1. The van der Waals surface area contributed by atoms with Gasteiger partial charge >= 0.3 is 0 Å². The second-order valence-corrected chi connectivity index (χ2v) is 6.87. The van der Waals surface area contributed by atoms with Gasteiger partial charge in [0.25, 0.3) is 0 Å². The Morgan fingerprint density at radius 2 is 1.86 bits per heavy atom. The van der Waals surface area contributed by atoms with E-state index in [2.05, 4.69) is 27.7 Å². The number of carbonyl (C=O) groups is 1. The third-order valence-corrected chi connectivity index (χ3v) is 4.42.